The van der Waals surface area contributed by atoms with Gasteiger partial charge in [0.15, 0.2) is 0 Å². The molecule has 1 N–H and O–H groups in total. The number of nitrogens with one attached hydrogen (secondary N) is 1. The molecular formula is C17H19Br2N. The van der Waals surface area contributed by atoms with E-state index in [1.54, 1.807) is 0 Å². The Bertz CT molecular complexity index is 591. The number of likely N-dealkylation sites (N-methyl/N-ethyl adjacent to an activating group) is 1. The summed E-state index contributed by atoms with van der Waals surface area (Å²) in [4.78, 5) is 0. The third-order valence-electron chi connectivity index (χ3n) is 3.62. The van der Waals surface area contributed by atoms with Crippen LogP contribution in [0.3, 0.4) is 0 Å². The van der Waals surface area contributed by atoms with Crippen LogP contribution < -0.4 is 5.32 Å². The van der Waals surface area contributed by atoms with Crippen LogP contribution in [0.15, 0.2) is 45.3 Å². The molecular weight excluding hydrogens is 378 g/mol. The smallest absolute Gasteiger partial charge is 0.0361 e. The van der Waals surface area contributed by atoms with E-state index in [1.165, 1.54) is 26.7 Å². The average Bonchev–Trinajstić information content (AvgIpc) is 2.43. The topological polar surface area (TPSA) is 12.0 Å². The second kappa shape index (κ2) is 6.88. The molecule has 0 saturated carbocycles. The normalized spacial score (nSPS) is 12.4. The number of hydrogen-bond acceptors (Lipinski definition) is 1. The van der Waals surface area contributed by atoms with Crippen molar-refractivity contribution < 1.29 is 0 Å². The van der Waals surface area contributed by atoms with Crippen LogP contribution in [0.1, 0.15) is 28.3 Å². The first-order chi connectivity index (χ1) is 9.51. The van der Waals surface area contributed by atoms with Crippen LogP contribution in [-0.2, 0) is 6.42 Å². The van der Waals surface area contributed by atoms with Crippen LogP contribution in [0.5, 0.6) is 0 Å². The van der Waals surface area contributed by atoms with E-state index in [0.29, 0.717) is 6.04 Å². The van der Waals surface area contributed by atoms with Gasteiger partial charge in [0.1, 0.15) is 0 Å². The van der Waals surface area contributed by atoms with Gasteiger partial charge in [-0.15, -0.1) is 0 Å². The van der Waals surface area contributed by atoms with E-state index in [1.807, 2.05) is 7.05 Å². The molecule has 0 bridgehead atoms. The predicted molar refractivity (Wildman–Crippen MR) is 93.3 cm³/mol. The molecule has 0 spiro atoms. The Morgan fingerprint density at radius 3 is 2.25 bits per heavy atom. The van der Waals surface area contributed by atoms with Crippen molar-refractivity contribution in [3.63, 3.8) is 0 Å². The van der Waals surface area contributed by atoms with Gasteiger partial charge in [0.2, 0.25) is 0 Å². The first-order valence-corrected chi connectivity index (χ1v) is 8.28. The van der Waals surface area contributed by atoms with Crippen molar-refractivity contribution in [3.8, 4) is 0 Å². The Balaban J connectivity index is 2.28. The van der Waals surface area contributed by atoms with E-state index in [0.717, 1.165) is 10.9 Å². The highest BCUT2D eigenvalue weighted by Crippen LogP contribution is 2.27. The number of rotatable bonds is 4. The zero-order valence-electron chi connectivity index (χ0n) is 12.0. The fourth-order valence-electron chi connectivity index (χ4n) is 2.40. The third kappa shape index (κ3) is 3.72. The van der Waals surface area contributed by atoms with E-state index in [2.05, 4.69) is 87.4 Å². The summed E-state index contributed by atoms with van der Waals surface area (Å²) >= 11 is 7.08. The van der Waals surface area contributed by atoms with E-state index in [-0.39, 0.29) is 0 Å². The van der Waals surface area contributed by atoms with E-state index >= 15 is 0 Å². The van der Waals surface area contributed by atoms with Gasteiger partial charge in [-0.05, 0) is 67.8 Å². The Kier molecular flexibility index (Phi) is 5.42. The summed E-state index contributed by atoms with van der Waals surface area (Å²) in [5, 5.41) is 3.44. The lowest BCUT2D eigenvalue weighted by Crippen LogP contribution is -2.20. The molecule has 1 unspecified atom stereocenters. The maximum absolute atomic E-state index is 3.60. The van der Waals surface area contributed by atoms with Gasteiger partial charge < -0.3 is 5.32 Å². The molecule has 1 atom stereocenters. The highest BCUT2D eigenvalue weighted by atomic mass is 79.9. The molecule has 2 rings (SSSR count). The van der Waals surface area contributed by atoms with Crippen LogP contribution in [0.25, 0.3) is 0 Å². The molecule has 0 amide bonds. The van der Waals surface area contributed by atoms with E-state index in [9.17, 15) is 0 Å². The molecule has 1 nitrogen and oxygen atoms in total. The van der Waals surface area contributed by atoms with Crippen molar-refractivity contribution in [1.82, 2.24) is 5.32 Å². The van der Waals surface area contributed by atoms with Gasteiger partial charge in [0, 0.05) is 15.0 Å². The number of benzene rings is 2. The molecule has 3 heteroatoms. The zero-order valence-corrected chi connectivity index (χ0v) is 15.2. The first kappa shape index (κ1) is 15.7. The van der Waals surface area contributed by atoms with Gasteiger partial charge in [0.05, 0.1) is 0 Å². The van der Waals surface area contributed by atoms with Crippen LogP contribution in [0.4, 0.5) is 0 Å². The van der Waals surface area contributed by atoms with Gasteiger partial charge in [-0.2, -0.15) is 0 Å². The van der Waals surface area contributed by atoms with Gasteiger partial charge in [-0.1, -0.05) is 50.1 Å². The molecule has 0 heterocycles. The largest absolute Gasteiger partial charge is 0.313 e. The molecule has 106 valence electrons. The van der Waals surface area contributed by atoms with Crippen molar-refractivity contribution in [2.45, 2.75) is 26.3 Å². The number of hydrogen-bond donors (Lipinski definition) is 1. The summed E-state index contributed by atoms with van der Waals surface area (Å²) in [6, 6.07) is 13.4. The van der Waals surface area contributed by atoms with Crippen LogP contribution in [0.2, 0.25) is 0 Å². The van der Waals surface area contributed by atoms with Crippen molar-refractivity contribution in [2.75, 3.05) is 7.05 Å². The Morgan fingerprint density at radius 2 is 1.65 bits per heavy atom. The SMILES string of the molecule is CNC(Cc1ccc(Br)cc1)c1cc(C)c(Br)cc1C. The third-order valence-corrected chi connectivity index (χ3v) is 5.01. The molecule has 2 aromatic rings. The molecule has 0 saturated heterocycles. The molecule has 0 radical (unpaired) electrons. The first-order valence-electron chi connectivity index (χ1n) is 6.69. The molecule has 20 heavy (non-hydrogen) atoms. The minimum absolute atomic E-state index is 0.336. The van der Waals surface area contributed by atoms with Gasteiger partial charge in [-0.25, -0.2) is 0 Å². The second-order valence-electron chi connectivity index (χ2n) is 5.13. The number of aryl methyl sites for hydroxylation is 2. The van der Waals surface area contributed by atoms with E-state index < -0.39 is 0 Å². The standard InChI is InChI=1S/C17H19Br2N/c1-11-9-16(19)12(2)8-15(11)17(20-3)10-13-4-6-14(18)7-5-13/h4-9,17,20H,10H2,1-3H3. The quantitative estimate of drug-likeness (QED) is 0.736. The average molecular weight is 397 g/mol. The highest BCUT2D eigenvalue weighted by Gasteiger charge is 2.14. The van der Waals surface area contributed by atoms with Crippen molar-refractivity contribution in [2.24, 2.45) is 0 Å². The molecule has 0 aliphatic heterocycles. The maximum atomic E-state index is 3.60. The Morgan fingerprint density at radius 1 is 1.00 bits per heavy atom. The summed E-state index contributed by atoms with van der Waals surface area (Å²) < 4.78 is 2.30. The molecule has 0 aliphatic carbocycles. The summed E-state index contributed by atoms with van der Waals surface area (Å²) in [5.41, 5.74) is 5.31. The summed E-state index contributed by atoms with van der Waals surface area (Å²) in [7, 11) is 2.03. The minimum atomic E-state index is 0.336. The predicted octanol–water partition coefficient (Wildman–Crippen LogP) is 5.33. The van der Waals surface area contributed by atoms with Crippen LogP contribution >= 0.6 is 31.9 Å². The van der Waals surface area contributed by atoms with Crippen LogP contribution in [0, 0.1) is 13.8 Å². The van der Waals surface area contributed by atoms with Crippen molar-refractivity contribution >= 4 is 31.9 Å². The lowest BCUT2D eigenvalue weighted by Gasteiger charge is -2.20. The van der Waals surface area contributed by atoms with Crippen LogP contribution in [-0.4, -0.2) is 7.05 Å². The molecule has 2 aromatic carbocycles. The fourth-order valence-corrected chi connectivity index (χ4v) is 3.12. The molecule has 0 aliphatic rings. The monoisotopic (exact) mass is 395 g/mol. The summed E-state index contributed by atoms with van der Waals surface area (Å²) in [6.45, 7) is 4.31. The van der Waals surface area contributed by atoms with Gasteiger partial charge >= 0.3 is 0 Å². The van der Waals surface area contributed by atoms with Crippen molar-refractivity contribution in [3.05, 3.63) is 67.6 Å². The van der Waals surface area contributed by atoms with Gasteiger partial charge in [-0.3, -0.25) is 0 Å². The maximum Gasteiger partial charge on any atom is 0.0361 e. The lowest BCUT2D eigenvalue weighted by atomic mass is 9.94. The molecule has 0 aromatic heterocycles. The van der Waals surface area contributed by atoms with E-state index in [4.69, 9.17) is 0 Å². The Hall–Kier alpha value is -0.640. The fraction of sp³-hybridized carbons (Fsp3) is 0.294. The lowest BCUT2D eigenvalue weighted by molar-refractivity contribution is 0.588. The molecule has 0 fully saturated rings. The number of halogens is 2. The highest BCUT2D eigenvalue weighted by molar-refractivity contribution is 9.10. The summed E-state index contributed by atoms with van der Waals surface area (Å²) in [5.74, 6) is 0. The Labute approximate surface area is 138 Å². The van der Waals surface area contributed by atoms with Crippen molar-refractivity contribution in [1.29, 1.82) is 0 Å². The summed E-state index contributed by atoms with van der Waals surface area (Å²) in [6.07, 6.45) is 0.992. The van der Waals surface area contributed by atoms with Gasteiger partial charge in [0.25, 0.3) is 0 Å². The second-order valence-corrected chi connectivity index (χ2v) is 6.90. The zero-order chi connectivity index (χ0) is 14.7. The minimum Gasteiger partial charge on any atom is -0.313 e.